The van der Waals surface area contributed by atoms with Crippen LogP contribution in [0.25, 0.3) is 17.2 Å². The fourth-order valence-electron chi connectivity index (χ4n) is 5.90. The molecule has 0 heterocycles. The number of fused-ring (bicyclic) bond motifs is 3. The Morgan fingerprint density at radius 3 is 1.98 bits per heavy atom. The Morgan fingerprint density at radius 1 is 0.840 bits per heavy atom. The number of benzene rings is 3. The zero-order chi connectivity index (χ0) is 36.5. The van der Waals surface area contributed by atoms with Gasteiger partial charge in [-0.25, -0.2) is 14.4 Å². The Kier molecular flexibility index (Phi) is 12.6. The van der Waals surface area contributed by atoms with E-state index in [4.69, 9.17) is 14.2 Å². The molecule has 3 atom stereocenters. The summed E-state index contributed by atoms with van der Waals surface area (Å²) in [6.45, 7) is 13.3. The minimum Gasteiger partial charge on any atom is -0.460 e. The van der Waals surface area contributed by atoms with Crippen LogP contribution >= 0.6 is 0 Å². The monoisotopic (exact) mass is 679 g/mol. The summed E-state index contributed by atoms with van der Waals surface area (Å²) in [7, 11) is 0. The Labute approximate surface area is 295 Å². The van der Waals surface area contributed by atoms with E-state index in [-0.39, 0.29) is 30.3 Å². The topological polar surface area (TPSA) is 108 Å². The molecule has 50 heavy (non-hydrogen) atoms. The van der Waals surface area contributed by atoms with Crippen molar-refractivity contribution in [2.75, 3.05) is 6.61 Å². The summed E-state index contributed by atoms with van der Waals surface area (Å²) in [4.78, 5) is 50.5. The normalized spacial score (nSPS) is 14.8. The number of hydrogen-bond acceptors (Lipinski definition) is 7. The first-order valence-electron chi connectivity index (χ1n) is 17.1. The van der Waals surface area contributed by atoms with E-state index in [1.807, 2.05) is 88.4 Å². The lowest BCUT2D eigenvalue weighted by Crippen LogP contribution is -2.46. The van der Waals surface area contributed by atoms with Crippen molar-refractivity contribution in [3.8, 4) is 11.1 Å². The molecule has 2 unspecified atom stereocenters. The Bertz CT molecular complexity index is 1660. The van der Waals surface area contributed by atoms with Crippen molar-refractivity contribution >= 4 is 30.4 Å². The maximum Gasteiger partial charge on any atom is 0.407 e. The van der Waals surface area contributed by atoms with Gasteiger partial charge in [0.05, 0.1) is 0 Å². The number of alkyl carbamates (subject to hydrolysis) is 1. The van der Waals surface area contributed by atoms with Gasteiger partial charge in [-0.05, 0) is 60.4 Å². The van der Waals surface area contributed by atoms with Crippen molar-refractivity contribution < 1.29 is 33.4 Å². The van der Waals surface area contributed by atoms with Crippen molar-refractivity contribution in [2.45, 2.75) is 85.0 Å². The minimum atomic E-state index is -0.977. The average molecular weight is 680 g/mol. The van der Waals surface area contributed by atoms with Gasteiger partial charge in [0.1, 0.15) is 30.6 Å². The van der Waals surface area contributed by atoms with E-state index in [1.165, 1.54) is 6.08 Å². The first-order chi connectivity index (χ1) is 23.6. The van der Waals surface area contributed by atoms with Crippen LogP contribution in [0.2, 0.25) is 0 Å². The molecule has 4 rings (SSSR count). The van der Waals surface area contributed by atoms with Crippen molar-refractivity contribution in [2.24, 2.45) is 11.3 Å². The van der Waals surface area contributed by atoms with Crippen LogP contribution in [0.4, 0.5) is 4.79 Å². The molecule has 1 N–H and O–H groups in total. The molecule has 1 amide bonds. The molecule has 0 aliphatic heterocycles. The van der Waals surface area contributed by atoms with Crippen LogP contribution in [-0.4, -0.2) is 48.7 Å². The second-order valence-corrected chi connectivity index (χ2v) is 14.9. The highest BCUT2D eigenvalue weighted by Crippen LogP contribution is 2.44. The Morgan fingerprint density at radius 2 is 1.42 bits per heavy atom. The number of ether oxygens (including phenoxy) is 3. The van der Waals surface area contributed by atoms with Gasteiger partial charge >= 0.3 is 18.0 Å². The first-order valence-corrected chi connectivity index (χ1v) is 17.1. The number of carbonyl (C=O) groups is 4. The number of carbonyl (C=O) groups excluding carboxylic acids is 4. The van der Waals surface area contributed by atoms with Gasteiger partial charge in [-0.3, -0.25) is 4.79 Å². The van der Waals surface area contributed by atoms with Crippen LogP contribution in [0.15, 0.2) is 91.0 Å². The molecule has 1 aliphatic rings. The molecule has 0 fully saturated rings. The van der Waals surface area contributed by atoms with E-state index >= 15 is 0 Å². The van der Waals surface area contributed by atoms with Crippen molar-refractivity contribution in [1.29, 1.82) is 0 Å². The van der Waals surface area contributed by atoms with E-state index in [1.54, 1.807) is 39.0 Å². The molecule has 8 heteroatoms. The summed E-state index contributed by atoms with van der Waals surface area (Å²) in [6, 6.07) is 22.3. The lowest BCUT2D eigenvalue weighted by atomic mass is 9.88. The molecule has 8 nitrogen and oxygen atoms in total. The lowest BCUT2D eigenvalue weighted by molar-refractivity contribution is -0.153. The largest absolute Gasteiger partial charge is 0.460 e. The van der Waals surface area contributed by atoms with Gasteiger partial charge in [0, 0.05) is 29.9 Å². The highest BCUT2D eigenvalue weighted by Gasteiger charge is 2.33. The smallest absolute Gasteiger partial charge is 0.407 e. The van der Waals surface area contributed by atoms with Crippen LogP contribution in [-0.2, 0) is 23.8 Å². The molecular weight excluding hydrogens is 630 g/mol. The molecule has 1 aliphatic carbocycles. The number of aldehydes is 1. The van der Waals surface area contributed by atoms with Crippen LogP contribution in [0.3, 0.4) is 0 Å². The van der Waals surface area contributed by atoms with Gasteiger partial charge in [-0.1, -0.05) is 119 Å². The van der Waals surface area contributed by atoms with Gasteiger partial charge in [-0.2, -0.15) is 0 Å². The van der Waals surface area contributed by atoms with Crippen molar-refractivity contribution in [1.82, 2.24) is 5.32 Å². The zero-order valence-corrected chi connectivity index (χ0v) is 30.1. The van der Waals surface area contributed by atoms with Crippen molar-refractivity contribution in [3.63, 3.8) is 0 Å². The number of hydrogen-bond donors (Lipinski definition) is 1. The molecule has 3 aromatic rings. The maximum absolute atomic E-state index is 13.8. The fraction of sp³-hybridized carbons (Fsp3) is 0.381. The van der Waals surface area contributed by atoms with E-state index < -0.39 is 35.8 Å². The summed E-state index contributed by atoms with van der Waals surface area (Å²) in [5.41, 5.74) is 4.91. The van der Waals surface area contributed by atoms with E-state index in [0.717, 1.165) is 34.1 Å². The highest BCUT2D eigenvalue weighted by atomic mass is 16.6. The molecule has 0 radical (unpaired) electrons. The van der Waals surface area contributed by atoms with E-state index in [0.29, 0.717) is 12.0 Å². The summed E-state index contributed by atoms with van der Waals surface area (Å²) in [5.74, 6) is -1.49. The highest BCUT2D eigenvalue weighted by molar-refractivity contribution is 5.83. The molecule has 264 valence electrons. The number of nitrogens with one attached hydrogen (secondary N) is 1. The molecule has 3 aromatic carbocycles. The summed E-state index contributed by atoms with van der Waals surface area (Å²) < 4.78 is 17.2. The van der Waals surface area contributed by atoms with Crippen LogP contribution in [0.5, 0.6) is 0 Å². The number of rotatable bonds is 13. The standard InChI is InChI=1S/C42H49NO7/c1-28(19-20-29-21-23-30(26-44)24-22-29)37(17-12-18-38(45)50-42(5,6)7)49-39(46)36(25-41(2,3)4)43-40(47)48-27-35-33-15-10-8-13-31(33)32-14-9-11-16-34(32)35/h8-16,18-24,26,28,35-37H,17,25,27H2,1-7H3,(H,43,47)/b18-12+,20-19-/t28?,36-,37?/m0/s1. The molecule has 0 spiro atoms. The van der Waals surface area contributed by atoms with Gasteiger partial charge in [-0.15, -0.1) is 0 Å². The van der Waals surface area contributed by atoms with Crippen LogP contribution in [0, 0.1) is 11.3 Å². The zero-order valence-electron chi connectivity index (χ0n) is 30.1. The molecule has 0 saturated heterocycles. The van der Waals surface area contributed by atoms with Crippen molar-refractivity contribution in [3.05, 3.63) is 113 Å². The second-order valence-electron chi connectivity index (χ2n) is 14.9. The number of esters is 2. The molecule has 0 aromatic heterocycles. The van der Waals surface area contributed by atoms with Gasteiger partial charge < -0.3 is 19.5 Å². The summed E-state index contributed by atoms with van der Waals surface area (Å²) >= 11 is 0. The Balaban J connectivity index is 1.48. The van der Waals surface area contributed by atoms with Gasteiger partial charge in [0.2, 0.25) is 0 Å². The first kappa shape index (κ1) is 37.8. The van der Waals surface area contributed by atoms with Gasteiger partial charge in [0.25, 0.3) is 0 Å². The third-order valence-electron chi connectivity index (χ3n) is 8.28. The summed E-state index contributed by atoms with van der Waals surface area (Å²) in [6.07, 6.45) is 6.72. The fourth-order valence-corrected chi connectivity index (χ4v) is 5.90. The predicted octanol–water partition coefficient (Wildman–Crippen LogP) is 8.69. The minimum absolute atomic E-state index is 0.116. The van der Waals surface area contributed by atoms with Crippen LogP contribution < -0.4 is 5.32 Å². The number of amides is 1. The SMILES string of the molecule is CC(/C=C\c1ccc(C=O)cc1)C(C/C=C/C(=O)OC(C)(C)C)OC(=O)[C@H](CC(C)(C)C)NC(=O)OCC1c2ccccc2-c2ccccc21. The molecule has 0 saturated carbocycles. The maximum atomic E-state index is 13.8. The quantitative estimate of drug-likeness (QED) is 0.0834. The predicted molar refractivity (Wildman–Crippen MR) is 196 cm³/mol. The third-order valence-corrected chi connectivity index (χ3v) is 8.28. The average Bonchev–Trinajstić information content (AvgIpc) is 3.37. The van der Waals surface area contributed by atoms with Gasteiger partial charge in [0.15, 0.2) is 0 Å². The van der Waals surface area contributed by atoms with Crippen LogP contribution in [0.1, 0.15) is 94.3 Å². The summed E-state index contributed by atoms with van der Waals surface area (Å²) in [5, 5.41) is 2.78. The van der Waals surface area contributed by atoms with E-state index in [2.05, 4.69) is 17.4 Å². The molecular formula is C42H49NO7. The van der Waals surface area contributed by atoms with E-state index in [9.17, 15) is 19.2 Å². The second kappa shape index (κ2) is 16.6. The lowest BCUT2D eigenvalue weighted by Gasteiger charge is -2.28. The third kappa shape index (κ3) is 11.0. The Hall–Kier alpha value is -4.98. The molecule has 0 bridgehead atoms.